The number of esters is 1. The second-order valence-corrected chi connectivity index (χ2v) is 5.72. The maximum Gasteiger partial charge on any atom is 0.328 e. The van der Waals surface area contributed by atoms with E-state index in [0.717, 1.165) is 25.9 Å². The number of carbonyl (C=O) groups is 2. The predicted molar refractivity (Wildman–Crippen MR) is 77.8 cm³/mol. The number of nitrogens with one attached hydrogen (secondary N) is 1. The summed E-state index contributed by atoms with van der Waals surface area (Å²) in [6, 6.07) is -0.653. The van der Waals surface area contributed by atoms with Crippen LogP contribution in [0, 0.1) is 5.92 Å². The van der Waals surface area contributed by atoms with Gasteiger partial charge in [-0.1, -0.05) is 13.8 Å². The van der Waals surface area contributed by atoms with Gasteiger partial charge in [0.1, 0.15) is 12.1 Å². The van der Waals surface area contributed by atoms with E-state index in [1.165, 1.54) is 7.11 Å². The van der Waals surface area contributed by atoms with E-state index in [1.807, 2.05) is 13.8 Å². The van der Waals surface area contributed by atoms with E-state index in [1.54, 1.807) is 6.92 Å². The molecule has 0 spiro atoms. The molecule has 0 aromatic heterocycles. The topological polar surface area (TPSA) is 73.9 Å². The fraction of sp³-hybridized carbons (Fsp3) is 0.867. The van der Waals surface area contributed by atoms with Crippen LogP contribution in [-0.2, 0) is 23.8 Å². The van der Waals surface area contributed by atoms with Crippen molar-refractivity contribution in [2.45, 2.75) is 58.3 Å². The highest BCUT2D eigenvalue weighted by Crippen LogP contribution is 2.13. The lowest BCUT2D eigenvalue weighted by molar-refractivity contribution is -0.149. The number of methoxy groups -OCH3 is 1. The lowest BCUT2D eigenvalue weighted by Gasteiger charge is -2.25. The maximum atomic E-state index is 12.1. The minimum atomic E-state index is -0.653. The Kier molecular flexibility index (Phi) is 7.67. The van der Waals surface area contributed by atoms with Gasteiger partial charge in [-0.3, -0.25) is 4.79 Å². The number of rotatable bonds is 7. The van der Waals surface area contributed by atoms with Gasteiger partial charge in [-0.15, -0.1) is 0 Å². The second-order valence-electron chi connectivity index (χ2n) is 5.72. The van der Waals surface area contributed by atoms with E-state index >= 15 is 0 Å². The molecular formula is C15H27NO5. The third kappa shape index (κ3) is 6.01. The van der Waals surface area contributed by atoms with E-state index in [4.69, 9.17) is 14.2 Å². The Morgan fingerprint density at radius 1 is 1.29 bits per heavy atom. The zero-order chi connectivity index (χ0) is 15.8. The highest BCUT2D eigenvalue weighted by molar-refractivity contribution is 5.86. The summed E-state index contributed by atoms with van der Waals surface area (Å²) in [4.78, 5) is 23.7. The van der Waals surface area contributed by atoms with Crippen molar-refractivity contribution >= 4 is 11.9 Å². The van der Waals surface area contributed by atoms with E-state index in [2.05, 4.69) is 5.32 Å². The lowest BCUT2D eigenvalue weighted by Crippen LogP contribution is -2.49. The average molecular weight is 301 g/mol. The van der Waals surface area contributed by atoms with Crippen molar-refractivity contribution in [2.75, 3.05) is 20.3 Å². The van der Waals surface area contributed by atoms with Crippen LogP contribution in [0.1, 0.15) is 40.0 Å². The summed E-state index contributed by atoms with van der Waals surface area (Å²) in [7, 11) is 1.31. The molecule has 2 unspecified atom stereocenters. The zero-order valence-electron chi connectivity index (χ0n) is 13.4. The third-order valence-electron chi connectivity index (χ3n) is 3.59. The van der Waals surface area contributed by atoms with Crippen LogP contribution in [0.5, 0.6) is 0 Å². The van der Waals surface area contributed by atoms with Crippen molar-refractivity contribution in [2.24, 2.45) is 5.92 Å². The molecule has 1 aliphatic heterocycles. The van der Waals surface area contributed by atoms with Crippen LogP contribution >= 0.6 is 0 Å². The molecule has 3 atom stereocenters. The molecule has 1 heterocycles. The minimum absolute atomic E-state index is 0.0460. The van der Waals surface area contributed by atoms with Gasteiger partial charge in [0.2, 0.25) is 5.91 Å². The molecule has 1 amide bonds. The van der Waals surface area contributed by atoms with Crippen LogP contribution in [0.4, 0.5) is 0 Å². The van der Waals surface area contributed by atoms with E-state index < -0.39 is 18.1 Å². The van der Waals surface area contributed by atoms with Gasteiger partial charge in [-0.05, 0) is 32.1 Å². The molecule has 1 fully saturated rings. The SMILES string of the molecule is COC(=O)[C@@H](NC(=O)C(C)OCC1CCCCO1)C(C)C. The summed E-state index contributed by atoms with van der Waals surface area (Å²) >= 11 is 0. The molecular weight excluding hydrogens is 274 g/mol. The van der Waals surface area contributed by atoms with E-state index in [9.17, 15) is 9.59 Å². The van der Waals surface area contributed by atoms with Crippen LogP contribution in [0.25, 0.3) is 0 Å². The Hall–Kier alpha value is -1.14. The molecule has 0 radical (unpaired) electrons. The molecule has 0 bridgehead atoms. The maximum absolute atomic E-state index is 12.1. The fourth-order valence-corrected chi connectivity index (χ4v) is 2.16. The summed E-state index contributed by atoms with van der Waals surface area (Å²) in [5.41, 5.74) is 0. The second kappa shape index (κ2) is 9.00. The van der Waals surface area contributed by atoms with Gasteiger partial charge in [-0.2, -0.15) is 0 Å². The van der Waals surface area contributed by atoms with Crippen molar-refractivity contribution < 1.29 is 23.8 Å². The van der Waals surface area contributed by atoms with Crippen LogP contribution in [0.3, 0.4) is 0 Å². The lowest BCUT2D eigenvalue weighted by atomic mass is 10.0. The number of hydrogen-bond acceptors (Lipinski definition) is 5. The smallest absolute Gasteiger partial charge is 0.328 e. The Labute approximate surface area is 126 Å². The number of ether oxygens (including phenoxy) is 3. The molecule has 0 aromatic rings. The highest BCUT2D eigenvalue weighted by Gasteiger charge is 2.27. The molecule has 1 rings (SSSR count). The standard InChI is InChI=1S/C15H27NO5/c1-10(2)13(15(18)19-4)16-14(17)11(3)21-9-12-7-5-6-8-20-12/h10-13H,5-9H2,1-4H3,(H,16,17)/t11?,12?,13-/m0/s1. The monoisotopic (exact) mass is 301 g/mol. The first-order valence-corrected chi connectivity index (χ1v) is 7.57. The first-order chi connectivity index (χ1) is 9.95. The molecule has 1 aliphatic rings. The summed E-state index contributed by atoms with van der Waals surface area (Å²) in [6.07, 6.45) is 2.62. The molecule has 21 heavy (non-hydrogen) atoms. The molecule has 0 aliphatic carbocycles. The average Bonchev–Trinajstić information content (AvgIpc) is 2.49. The molecule has 0 saturated carbocycles. The minimum Gasteiger partial charge on any atom is -0.467 e. The zero-order valence-corrected chi connectivity index (χ0v) is 13.4. The van der Waals surface area contributed by atoms with Crippen LogP contribution in [0.15, 0.2) is 0 Å². The Morgan fingerprint density at radius 2 is 2.00 bits per heavy atom. The Bertz CT molecular complexity index is 339. The predicted octanol–water partition coefficient (Wildman–Crippen LogP) is 1.27. The molecule has 6 heteroatoms. The summed E-state index contributed by atoms with van der Waals surface area (Å²) in [5, 5.41) is 2.68. The van der Waals surface area contributed by atoms with Crippen LogP contribution < -0.4 is 5.32 Å². The van der Waals surface area contributed by atoms with E-state index in [0.29, 0.717) is 6.61 Å². The van der Waals surface area contributed by atoms with E-state index in [-0.39, 0.29) is 17.9 Å². The first-order valence-electron chi connectivity index (χ1n) is 7.57. The third-order valence-corrected chi connectivity index (χ3v) is 3.59. The van der Waals surface area contributed by atoms with Gasteiger partial charge >= 0.3 is 5.97 Å². The van der Waals surface area contributed by atoms with Gasteiger partial charge in [-0.25, -0.2) is 4.79 Å². The molecule has 1 N–H and O–H groups in total. The Balaban J connectivity index is 2.39. The van der Waals surface area contributed by atoms with Gasteiger partial charge in [0.05, 0.1) is 19.8 Å². The number of carbonyl (C=O) groups excluding carboxylic acids is 2. The summed E-state index contributed by atoms with van der Waals surface area (Å²) in [6.45, 7) is 6.53. The molecule has 0 aromatic carbocycles. The number of amides is 1. The van der Waals surface area contributed by atoms with Gasteiger partial charge in [0.25, 0.3) is 0 Å². The first kappa shape index (κ1) is 17.9. The molecule has 1 saturated heterocycles. The van der Waals surface area contributed by atoms with Crippen molar-refractivity contribution in [1.82, 2.24) is 5.32 Å². The summed E-state index contributed by atoms with van der Waals surface area (Å²) < 4.78 is 15.8. The number of hydrogen-bond donors (Lipinski definition) is 1. The quantitative estimate of drug-likeness (QED) is 0.717. The molecule has 122 valence electrons. The largest absolute Gasteiger partial charge is 0.467 e. The van der Waals surface area contributed by atoms with Crippen LogP contribution in [-0.4, -0.2) is 50.4 Å². The van der Waals surface area contributed by atoms with Gasteiger partial charge in [0.15, 0.2) is 0 Å². The van der Waals surface area contributed by atoms with Crippen molar-refractivity contribution in [1.29, 1.82) is 0 Å². The van der Waals surface area contributed by atoms with Crippen LogP contribution in [0.2, 0.25) is 0 Å². The highest BCUT2D eigenvalue weighted by atomic mass is 16.5. The summed E-state index contributed by atoms with van der Waals surface area (Å²) in [5.74, 6) is -0.800. The normalized spacial score (nSPS) is 21.7. The molecule has 6 nitrogen and oxygen atoms in total. The van der Waals surface area contributed by atoms with Crippen molar-refractivity contribution in [3.63, 3.8) is 0 Å². The fourth-order valence-electron chi connectivity index (χ4n) is 2.16. The van der Waals surface area contributed by atoms with Crippen molar-refractivity contribution in [3.05, 3.63) is 0 Å². The Morgan fingerprint density at radius 3 is 2.52 bits per heavy atom. The van der Waals surface area contributed by atoms with Gasteiger partial charge < -0.3 is 19.5 Å². The van der Waals surface area contributed by atoms with Crippen molar-refractivity contribution in [3.8, 4) is 0 Å². The van der Waals surface area contributed by atoms with Gasteiger partial charge in [0, 0.05) is 6.61 Å².